The molecule has 2 N–H and O–H groups in total. The third kappa shape index (κ3) is 6.60. The van der Waals surface area contributed by atoms with Crippen LogP contribution in [0.25, 0.3) is 0 Å². The lowest BCUT2D eigenvalue weighted by atomic mass is 9.87. The van der Waals surface area contributed by atoms with Crippen molar-refractivity contribution in [3.63, 3.8) is 0 Å². The number of hydrogen-bond acceptors (Lipinski definition) is 3. The molecule has 0 heterocycles. The van der Waals surface area contributed by atoms with Gasteiger partial charge < -0.3 is 15.3 Å². The predicted molar refractivity (Wildman–Crippen MR) is 78.7 cm³/mol. The van der Waals surface area contributed by atoms with Crippen molar-refractivity contribution in [2.45, 2.75) is 58.4 Å². The summed E-state index contributed by atoms with van der Waals surface area (Å²) in [4.78, 5) is 35.8. The average molecular weight is 298 g/mol. The number of amides is 2. The summed E-state index contributed by atoms with van der Waals surface area (Å²) in [7, 11) is 0. The van der Waals surface area contributed by atoms with Crippen LogP contribution in [0.4, 0.5) is 0 Å². The number of nitrogens with one attached hydrogen (secondary N) is 1. The first-order chi connectivity index (χ1) is 9.90. The van der Waals surface area contributed by atoms with Gasteiger partial charge in [0.2, 0.25) is 11.8 Å². The number of carbonyl (C=O) groups is 3. The SMILES string of the molecule is CC(C)N(CC(=O)O)C(=O)CNC(=O)CC1CCCCC1. The highest BCUT2D eigenvalue weighted by atomic mass is 16.4. The Kier molecular flexibility index (Phi) is 7.19. The molecule has 0 atom stereocenters. The first-order valence-corrected chi connectivity index (χ1v) is 7.68. The highest BCUT2D eigenvalue weighted by molar-refractivity contribution is 5.87. The molecule has 1 fully saturated rings. The summed E-state index contributed by atoms with van der Waals surface area (Å²) in [6.07, 6.45) is 6.23. The number of carbonyl (C=O) groups excluding carboxylic acids is 2. The second-order valence-corrected chi connectivity index (χ2v) is 5.99. The number of nitrogens with zero attached hydrogens (tertiary/aromatic N) is 1. The van der Waals surface area contributed by atoms with Gasteiger partial charge in [-0.3, -0.25) is 14.4 Å². The van der Waals surface area contributed by atoms with E-state index in [-0.39, 0.29) is 30.9 Å². The van der Waals surface area contributed by atoms with Gasteiger partial charge in [0.05, 0.1) is 6.54 Å². The zero-order chi connectivity index (χ0) is 15.8. The number of carboxylic acid groups (broad SMARTS) is 1. The van der Waals surface area contributed by atoms with E-state index in [1.807, 2.05) is 0 Å². The normalized spacial score (nSPS) is 15.8. The average Bonchev–Trinajstić information content (AvgIpc) is 2.43. The van der Waals surface area contributed by atoms with Gasteiger partial charge in [-0.1, -0.05) is 19.3 Å². The molecule has 0 radical (unpaired) electrons. The molecule has 0 bridgehead atoms. The molecule has 2 amide bonds. The van der Waals surface area contributed by atoms with Gasteiger partial charge in [0.25, 0.3) is 0 Å². The van der Waals surface area contributed by atoms with Gasteiger partial charge in [-0.25, -0.2) is 0 Å². The van der Waals surface area contributed by atoms with Gasteiger partial charge in [0.15, 0.2) is 0 Å². The molecule has 0 unspecified atom stereocenters. The molecular weight excluding hydrogens is 272 g/mol. The Morgan fingerprint density at radius 2 is 1.81 bits per heavy atom. The van der Waals surface area contributed by atoms with E-state index in [1.54, 1.807) is 13.8 Å². The summed E-state index contributed by atoms with van der Waals surface area (Å²) < 4.78 is 0. The maximum absolute atomic E-state index is 12.0. The minimum atomic E-state index is -1.05. The lowest BCUT2D eigenvalue weighted by Crippen LogP contribution is -2.46. The fraction of sp³-hybridized carbons (Fsp3) is 0.800. The monoisotopic (exact) mass is 298 g/mol. The standard InChI is InChI=1S/C15H26N2O4/c1-11(2)17(10-15(20)21)14(19)9-16-13(18)8-12-6-4-3-5-7-12/h11-12H,3-10H2,1-2H3,(H,16,18)(H,20,21). The van der Waals surface area contributed by atoms with Gasteiger partial charge in [0, 0.05) is 12.5 Å². The Balaban J connectivity index is 2.35. The van der Waals surface area contributed by atoms with Crippen LogP contribution in [0.2, 0.25) is 0 Å². The topological polar surface area (TPSA) is 86.7 Å². The van der Waals surface area contributed by atoms with E-state index in [0.717, 1.165) is 12.8 Å². The predicted octanol–water partition coefficient (Wildman–Crippen LogP) is 1.39. The summed E-state index contributed by atoms with van der Waals surface area (Å²) in [5, 5.41) is 11.4. The van der Waals surface area contributed by atoms with E-state index < -0.39 is 5.97 Å². The maximum Gasteiger partial charge on any atom is 0.323 e. The van der Waals surface area contributed by atoms with Crippen LogP contribution in [-0.2, 0) is 14.4 Å². The van der Waals surface area contributed by atoms with E-state index in [0.29, 0.717) is 12.3 Å². The van der Waals surface area contributed by atoms with E-state index in [4.69, 9.17) is 5.11 Å². The molecule has 1 aliphatic rings. The minimum Gasteiger partial charge on any atom is -0.480 e. The molecule has 1 aliphatic carbocycles. The first kappa shape index (κ1) is 17.5. The van der Waals surface area contributed by atoms with Crippen LogP contribution in [0.15, 0.2) is 0 Å². The fourth-order valence-electron chi connectivity index (χ4n) is 2.71. The Morgan fingerprint density at radius 1 is 1.19 bits per heavy atom. The van der Waals surface area contributed by atoms with Crippen LogP contribution >= 0.6 is 0 Å². The van der Waals surface area contributed by atoms with Crippen LogP contribution in [-0.4, -0.2) is 46.9 Å². The molecule has 0 aliphatic heterocycles. The minimum absolute atomic E-state index is 0.116. The van der Waals surface area contributed by atoms with Gasteiger partial charge in [-0.2, -0.15) is 0 Å². The third-order valence-corrected chi connectivity index (χ3v) is 3.88. The molecule has 21 heavy (non-hydrogen) atoms. The molecule has 120 valence electrons. The zero-order valence-corrected chi connectivity index (χ0v) is 12.9. The molecule has 0 aromatic rings. The molecule has 6 heteroatoms. The van der Waals surface area contributed by atoms with E-state index in [2.05, 4.69) is 5.32 Å². The van der Waals surface area contributed by atoms with Crippen molar-refractivity contribution in [3.05, 3.63) is 0 Å². The van der Waals surface area contributed by atoms with Crippen molar-refractivity contribution in [1.29, 1.82) is 0 Å². The highest BCUT2D eigenvalue weighted by Gasteiger charge is 2.21. The van der Waals surface area contributed by atoms with Gasteiger partial charge in [-0.05, 0) is 32.6 Å². The third-order valence-electron chi connectivity index (χ3n) is 3.88. The summed E-state index contributed by atoms with van der Waals surface area (Å²) in [5.41, 5.74) is 0. The molecule has 0 aromatic heterocycles. The Morgan fingerprint density at radius 3 is 2.33 bits per heavy atom. The van der Waals surface area contributed by atoms with E-state index in [1.165, 1.54) is 24.2 Å². The van der Waals surface area contributed by atoms with Crippen LogP contribution in [0.3, 0.4) is 0 Å². The Hall–Kier alpha value is -1.59. The number of carboxylic acids is 1. The second-order valence-electron chi connectivity index (χ2n) is 5.99. The van der Waals surface area contributed by atoms with Crippen molar-refractivity contribution in [3.8, 4) is 0 Å². The molecule has 6 nitrogen and oxygen atoms in total. The van der Waals surface area contributed by atoms with Gasteiger partial charge >= 0.3 is 5.97 Å². The Bertz CT molecular complexity index is 376. The Labute approximate surface area is 125 Å². The quantitative estimate of drug-likeness (QED) is 0.743. The largest absolute Gasteiger partial charge is 0.480 e. The molecule has 0 aromatic carbocycles. The van der Waals surface area contributed by atoms with Gasteiger partial charge in [-0.15, -0.1) is 0 Å². The lowest BCUT2D eigenvalue weighted by molar-refractivity contribution is -0.145. The van der Waals surface area contributed by atoms with Crippen molar-refractivity contribution in [1.82, 2.24) is 10.2 Å². The van der Waals surface area contributed by atoms with E-state index >= 15 is 0 Å². The van der Waals surface area contributed by atoms with Crippen molar-refractivity contribution < 1.29 is 19.5 Å². The molecule has 0 saturated heterocycles. The maximum atomic E-state index is 12.0. The van der Waals surface area contributed by atoms with Gasteiger partial charge in [0.1, 0.15) is 6.54 Å². The summed E-state index contributed by atoms with van der Waals surface area (Å²) >= 11 is 0. The second kappa shape index (κ2) is 8.64. The summed E-state index contributed by atoms with van der Waals surface area (Å²) in [6, 6.07) is -0.205. The van der Waals surface area contributed by atoms with Crippen LogP contribution in [0.5, 0.6) is 0 Å². The van der Waals surface area contributed by atoms with Crippen molar-refractivity contribution in [2.75, 3.05) is 13.1 Å². The molecule has 1 rings (SSSR count). The van der Waals surface area contributed by atoms with Crippen LogP contribution in [0.1, 0.15) is 52.4 Å². The number of hydrogen-bond donors (Lipinski definition) is 2. The summed E-state index contributed by atoms with van der Waals surface area (Å²) in [5.74, 6) is -1.10. The number of rotatable bonds is 7. The van der Waals surface area contributed by atoms with E-state index in [9.17, 15) is 14.4 Å². The number of aliphatic carboxylic acids is 1. The molecule has 1 saturated carbocycles. The zero-order valence-electron chi connectivity index (χ0n) is 12.9. The fourth-order valence-corrected chi connectivity index (χ4v) is 2.71. The van der Waals surface area contributed by atoms with Crippen LogP contribution in [0, 0.1) is 5.92 Å². The van der Waals surface area contributed by atoms with Crippen LogP contribution < -0.4 is 5.32 Å². The lowest BCUT2D eigenvalue weighted by Gasteiger charge is -2.25. The molecular formula is C15H26N2O4. The summed E-state index contributed by atoms with van der Waals surface area (Å²) in [6.45, 7) is 3.04. The smallest absolute Gasteiger partial charge is 0.323 e. The first-order valence-electron chi connectivity index (χ1n) is 7.68. The van der Waals surface area contributed by atoms with Crippen molar-refractivity contribution in [2.24, 2.45) is 5.92 Å². The highest BCUT2D eigenvalue weighted by Crippen LogP contribution is 2.25. The molecule has 0 spiro atoms. The van der Waals surface area contributed by atoms with Crippen molar-refractivity contribution >= 4 is 17.8 Å².